The van der Waals surface area contributed by atoms with Gasteiger partial charge in [0.15, 0.2) is 0 Å². The standard InChI is InChI=1S/C17H20N2O/c1-2-8-13-9-6-7-12-15(13)19-17(20)16(18)14-10-4-3-5-11-14/h3-7,9-12,16H,2,8,18H2,1H3,(H,19,20)/t16-/m1/s1. The van der Waals surface area contributed by atoms with Crippen LogP contribution >= 0.6 is 0 Å². The zero-order valence-corrected chi connectivity index (χ0v) is 11.7. The van der Waals surface area contributed by atoms with Crippen molar-refractivity contribution in [3.8, 4) is 0 Å². The minimum Gasteiger partial charge on any atom is -0.324 e. The molecule has 3 heteroatoms. The first-order valence-electron chi connectivity index (χ1n) is 6.91. The molecule has 2 rings (SSSR count). The van der Waals surface area contributed by atoms with Crippen LogP contribution in [-0.2, 0) is 11.2 Å². The lowest BCUT2D eigenvalue weighted by molar-refractivity contribution is -0.117. The van der Waals surface area contributed by atoms with Crippen LogP contribution < -0.4 is 11.1 Å². The van der Waals surface area contributed by atoms with Crippen molar-refractivity contribution in [2.24, 2.45) is 5.73 Å². The van der Waals surface area contributed by atoms with E-state index in [9.17, 15) is 4.79 Å². The van der Waals surface area contributed by atoms with Crippen LogP contribution in [0.2, 0.25) is 0 Å². The number of anilines is 1. The topological polar surface area (TPSA) is 55.1 Å². The molecule has 20 heavy (non-hydrogen) atoms. The van der Waals surface area contributed by atoms with Crippen molar-refractivity contribution in [3.63, 3.8) is 0 Å². The number of benzene rings is 2. The molecule has 3 nitrogen and oxygen atoms in total. The molecule has 0 saturated carbocycles. The van der Waals surface area contributed by atoms with E-state index in [0.29, 0.717) is 0 Å². The number of hydrogen-bond acceptors (Lipinski definition) is 2. The molecule has 0 aliphatic rings. The molecule has 104 valence electrons. The van der Waals surface area contributed by atoms with Crippen LogP contribution in [0.15, 0.2) is 54.6 Å². The van der Waals surface area contributed by atoms with Crippen molar-refractivity contribution in [1.82, 2.24) is 0 Å². The second kappa shape index (κ2) is 6.87. The van der Waals surface area contributed by atoms with E-state index in [2.05, 4.69) is 12.2 Å². The summed E-state index contributed by atoms with van der Waals surface area (Å²) in [6.45, 7) is 2.12. The number of hydrogen-bond donors (Lipinski definition) is 2. The third-order valence-electron chi connectivity index (χ3n) is 3.24. The van der Waals surface area contributed by atoms with Gasteiger partial charge in [-0.25, -0.2) is 0 Å². The lowest BCUT2D eigenvalue weighted by Crippen LogP contribution is -2.28. The Bertz CT molecular complexity index is 566. The summed E-state index contributed by atoms with van der Waals surface area (Å²) in [6.07, 6.45) is 1.98. The summed E-state index contributed by atoms with van der Waals surface area (Å²) >= 11 is 0. The van der Waals surface area contributed by atoms with Gasteiger partial charge in [-0.1, -0.05) is 61.9 Å². The molecule has 0 radical (unpaired) electrons. The van der Waals surface area contributed by atoms with Crippen LogP contribution in [0, 0.1) is 0 Å². The maximum absolute atomic E-state index is 12.2. The van der Waals surface area contributed by atoms with Gasteiger partial charge in [0.25, 0.3) is 0 Å². The molecule has 0 bridgehead atoms. The quantitative estimate of drug-likeness (QED) is 0.874. The molecule has 0 aliphatic heterocycles. The minimum atomic E-state index is -0.647. The van der Waals surface area contributed by atoms with Crippen molar-refractivity contribution in [2.75, 3.05) is 5.32 Å². The van der Waals surface area contributed by atoms with E-state index in [1.165, 1.54) is 0 Å². The molecule has 3 N–H and O–H groups in total. The fourth-order valence-electron chi connectivity index (χ4n) is 2.15. The van der Waals surface area contributed by atoms with Crippen molar-refractivity contribution in [1.29, 1.82) is 0 Å². The van der Waals surface area contributed by atoms with E-state index in [-0.39, 0.29) is 5.91 Å². The molecular formula is C17H20N2O. The second-order valence-corrected chi connectivity index (χ2v) is 4.78. The predicted molar refractivity (Wildman–Crippen MR) is 82.4 cm³/mol. The normalized spacial score (nSPS) is 11.9. The van der Waals surface area contributed by atoms with E-state index in [1.54, 1.807) is 0 Å². The van der Waals surface area contributed by atoms with Crippen molar-refractivity contribution in [2.45, 2.75) is 25.8 Å². The van der Waals surface area contributed by atoms with Gasteiger partial charge in [0.05, 0.1) is 0 Å². The average molecular weight is 268 g/mol. The molecule has 0 fully saturated rings. The van der Waals surface area contributed by atoms with Crippen molar-refractivity contribution in [3.05, 3.63) is 65.7 Å². The van der Waals surface area contributed by atoms with Gasteiger partial charge in [0, 0.05) is 5.69 Å². The summed E-state index contributed by atoms with van der Waals surface area (Å²) < 4.78 is 0. The Balaban J connectivity index is 2.12. The lowest BCUT2D eigenvalue weighted by atomic mass is 10.1. The third-order valence-corrected chi connectivity index (χ3v) is 3.24. The Morgan fingerprint density at radius 1 is 1.10 bits per heavy atom. The van der Waals surface area contributed by atoms with Gasteiger partial charge >= 0.3 is 0 Å². The first-order chi connectivity index (χ1) is 9.72. The van der Waals surface area contributed by atoms with Crippen LogP contribution in [0.5, 0.6) is 0 Å². The summed E-state index contributed by atoms with van der Waals surface area (Å²) in [7, 11) is 0. The van der Waals surface area contributed by atoms with E-state index < -0.39 is 6.04 Å². The molecule has 0 aliphatic carbocycles. The van der Waals surface area contributed by atoms with Gasteiger partial charge in [-0.2, -0.15) is 0 Å². The van der Waals surface area contributed by atoms with Gasteiger partial charge < -0.3 is 11.1 Å². The van der Waals surface area contributed by atoms with Crippen LogP contribution in [-0.4, -0.2) is 5.91 Å². The van der Waals surface area contributed by atoms with Gasteiger partial charge in [0.1, 0.15) is 6.04 Å². The molecular weight excluding hydrogens is 248 g/mol. The average Bonchev–Trinajstić information content (AvgIpc) is 2.49. The lowest BCUT2D eigenvalue weighted by Gasteiger charge is -2.15. The van der Waals surface area contributed by atoms with Crippen LogP contribution in [0.25, 0.3) is 0 Å². The Labute approximate surface area is 119 Å². The maximum atomic E-state index is 12.2. The first-order valence-corrected chi connectivity index (χ1v) is 6.91. The highest BCUT2D eigenvalue weighted by Crippen LogP contribution is 2.19. The minimum absolute atomic E-state index is 0.181. The van der Waals surface area contributed by atoms with Crippen LogP contribution in [0.4, 0.5) is 5.69 Å². The number of carbonyl (C=O) groups excluding carboxylic acids is 1. The van der Waals surface area contributed by atoms with Crippen LogP contribution in [0.3, 0.4) is 0 Å². The fourth-order valence-corrected chi connectivity index (χ4v) is 2.15. The summed E-state index contributed by atoms with van der Waals surface area (Å²) in [4.78, 5) is 12.2. The van der Waals surface area contributed by atoms with Gasteiger partial charge in [-0.15, -0.1) is 0 Å². The van der Waals surface area contributed by atoms with Gasteiger partial charge in [-0.3, -0.25) is 4.79 Å². The predicted octanol–water partition coefficient (Wildman–Crippen LogP) is 3.28. The van der Waals surface area contributed by atoms with Crippen molar-refractivity contribution < 1.29 is 4.79 Å². The summed E-state index contributed by atoms with van der Waals surface area (Å²) in [5, 5.41) is 2.93. The smallest absolute Gasteiger partial charge is 0.245 e. The highest BCUT2D eigenvalue weighted by Gasteiger charge is 2.16. The maximum Gasteiger partial charge on any atom is 0.245 e. The van der Waals surface area contributed by atoms with E-state index >= 15 is 0 Å². The number of amides is 1. The number of aryl methyl sites for hydroxylation is 1. The molecule has 2 aromatic carbocycles. The summed E-state index contributed by atoms with van der Waals surface area (Å²) in [5.41, 5.74) is 8.81. The third kappa shape index (κ3) is 3.45. The van der Waals surface area contributed by atoms with Gasteiger partial charge in [-0.05, 0) is 23.6 Å². The Hall–Kier alpha value is -2.13. The molecule has 0 spiro atoms. The number of rotatable bonds is 5. The number of nitrogens with one attached hydrogen (secondary N) is 1. The summed E-state index contributed by atoms with van der Waals surface area (Å²) in [6, 6.07) is 16.6. The van der Waals surface area contributed by atoms with E-state index in [1.807, 2.05) is 54.6 Å². The Morgan fingerprint density at radius 3 is 2.45 bits per heavy atom. The van der Waals surface area contributed by atoms with Crippen molar-refractivity contribution >= 4 is 11.6 Å². The highest BCUT2D eigenvalue weighted by atomic mass is 16.2. The zero-order chi connectivity index (χ0) is 14.4. The fraction of sp³-hybridized carbons (Fsp3) is 0.235. The molecule has 1 amide bonds. The Kier molecular flexibility index (Phi) is 4.91. The molecule has 0 saturated heterocycles. The summed E-state index contributed by atoms with van der Waals surface area (Å²) in [5.74, 6) is -0.181. The number of para-hydroxylation sites is 1. The SMILES string of the molecule is CCCc1ccccc1NC(=O)[C@H](N)c1ccccc1. The Morgan fingerprint density at radius 2 is 1.75 bits per heavy atom. The highest BCUT2D eigenvalue weighted by molar-refractivity contribution is 5.96. The van der Waals surface area contributed by atoms with Gasteiger partial charge in [0.2, 0.25) is 5.91 Å². The van der Waals surface area contributed by atoms with Crippen LogP contribution in [0.1, 0.15) is 30.5 Å². The molecule has 0 unspecified atom stereocenters. The number of nitrogens with two attached hydrogens (primary N) is 1. The van der Waals surface area contributed by atoms with E-state index in [4.69, 9.17) is 5.73 Å². The zero-order valence-electron chi connectivity index (χ0n) is 11.7. The molecule has 1 atom stereocenters. The second-order valence-electron chi connectivity index (χ2n) is 4.78. The molecule has 0 heterocycles. The monoisotopic (exact) mass is 268 g/mol. The van der Waals surface area contributed by atoms with E-state index in [0.717, 1.165) is 29.7 Å². The molecule has 0 aromatic heterocycles. The molecule has 2 aromatic rings. The first kappa shape index (κ1) is 14.3. The largest absolute Gasteiger partial charge is 0.324 e. The number of carbonyl (C=O) groups is 1.